The lowest BCUT2D eigenvalue weighted by Gasteiger charge is -2.39. The van der Waals surface area contributed by atoms with Crippen LogP contribution in [0.4, 0.5) is 0 Å². The summed E-state index contributed by atoms with van der Waals surface area (Å²) in [5.74, 6) is 3.03. The summed E-state index contributed by atoms with van der Waals surface area (Å²) in [7, 11) is 3.32. The third kappa shape index (κ3) is 4.04. The van der Waals surface area contributed by atoms with Crippen LogP contribution in [0.2, 0.25) is 0 Å². The second-order valence-electron chi connectivity index (χ2n) is 6.14. The molecule has 1 aliphatic rings. The van der Waals surface area contributed by atoms with Gasteiger partial charge >= 0.3 is 0 Å². The van der Waals surface area contributed by atoms with Gasteiger partial charge in [0.15, 0.2) is 11.5 Å². The number of alkyl halides is 1. The Hall–Kier alpha value is -0.930. The number of hydrogen-bond acceptors (Lipinski definition) is 3. The minimum atomic E-state index is 0.0846. The van der Waals surface area contributed by atoms with Crippen molar-refractivity contribution in [2.24, 2.45) is 5.92 Å². The molecule has 0 aromatic heterocycles. The van der Waals surface area contributed by atoms with E-state index in [-0.39, 0.29) is 5.54 Å². The van der Waals surface area contributed by atoms with Gasteiger partial charge in [-0.2, -0.15) is 0 Å². The molecule has 0 amide bonds. The molecule has 1 aliphatic carbocycles. The van der Waals surface area contributed by atoms with Crippen molar-refractivity contribution >= 4 is 11.6 Å². The van der Waals surface area contributed by atoms with E-state index in [1.165, 1.54) is 18.4 Å². The Balaban J connectivity index is 2.01. The highest BCUT2D eigenvalue weighted by Crippen LogP contribution is 2.33. The fourth-order valence-electron chi connectivity index (χ4n) is 2.95. The lowest BCUT2D eigenvalue weighted by molar-refractivity contribution is 0.216. The first-order chi connectivity index (χ1) is 10.1. The zero-order valence-corrected chi connectivity index (χ0v) is 14.0. The number of ether oxygens (including phenoxy) is 2. The summed E-state index contributed by atoms with van der Waals surface area (Å²) in [4.78, 5) is 0. The van der Waals surface area contributed by atoms with Crippen LogP contribution in [0.25, 0.3) is 0 Å². The van der Waals surface area contributed by atoms with Gasteiger partial charge in [0.25, 0.3) is 0 Å². The molecular formula is C17H26ClNO2. The predicted octanol–water partition coefficient (Wildman–Crippen LogP) is 3.98. The van der Waals surface area contributed by atoms with E-state index in [1.807, 2.05) is 12.1 Å². The molecular weight excluding hydrogens is 286 g/mol. The molecule has 1 saturated carbocycles. The molecule has 1 aromatic rings. The van der Waals surface area contributed by atoms with Crippen molar-refractivity contribution in [3.8, 4) is 11.5 Å². The SMILES string of the molecule is COc1ccc(CNC2(CCl)CCC(C)CC2)cc1OC. The zero-order chi connectivity index (χ0) is 15.3. The fraction of sp³-hybridized carbons (Fsp3) is 0.647. The standard InChI is InChI=1S/C17H26ClNO2/c1-13-6-8-17(12-18,9-7-13)19-11-14-4-5-15(20-2)16(10-14)21-3/h4-5,10,13,19H,6-9,11-12H2,1-3H3. The summed E-state index contributed by atoms with van der Waals surface area (Å²) in [6.07, 6.45) is 4.83. The van der Waals surface area contributed by atoms with Crippen LogP contribution in [-0.2, 0) is 6.54 Å². The van der Waals surface area contributed by atoms with Crippen LogP contribution >= 0.6 is 11.6 Å². The van der Waals surface area contributed by atoms with Gasteiger partial charge in [0, 0.05) is 18.0 Å². The Morgan fingerprint density at radius 3 is 2.43 bits per heavy atom. The van der Waals surface area contributed by atoms with Crippen LogP contribution in [-0.4, -0.2) is 25.6 Å². The minimum absolute atomic E-state index is 0.0846. The molecule has 1 N–H and O–H groups in total. The van der Waals surface area contributed by atoms with Crippen molar-refractivity contribution in [3.05, 3.63) is 23.8 Å². The molecule has 1 aromatic carbocycles. The predicted molar refractivity (Wildman–Crippen MR) is 87.5 cm³/mol. The maximum absolute atomic E-state index is 6.25. The molecule has 21 heavy (non-hydrogen) atoms. The lowest BCUT2D eigenvalue weighted by Crippen LogP contribution is -2.49. The molecule has 3 nitrogen and oxygen atoms in total. The molecule has 1 fully saturated rings. The maximum atomic E-state index is 6.25. The Morgan fingerprint density at radius 1 is 1.19 bits per heavy atom. The molecule has 0 saturated heterocycles. The van der Waals surface area contributed by atoms with Gasteiger partial charge < -0.3 is 14.8 Å². The van der Waals surface area contributed by atoms with Crippen molar-refractivity contribution in [2.75, 3.05) is 20.1 Å². The highest BCUT2D eigenvalue weighted by Gasteiger charge is 2.32. The van der Waals surface area contributed by atoms with E-state index in [2.05, 4.69) is 18.3 Å². The van der Waals surface area contributed by atoms with Gasteiger partial charge in [0.05, 0.1) is 14.2 Å². The highest BCUT2D eigenvalue weighted by atomic mass is 35.5. The average Bonchev–Trinajstić information content (AvgIpc) is 2.54. The molecule has 0 bridgehead atoms. The smallest absolute Gasteiger partial charge is 0.161 e. The number of hydrogen-bond donors (Lipinski definition) is 1. The molecule has 0 unspecified atom stereocenters. The van der Waals surface area contributed by atoms with E-state index in [0.717, 1.165) is 36.8 Å². The topological polar surface area (TPSA) is 30.5 Å². The summed E-state index contributed by atoms with van der Waals surface area (Å²) in [6, 6.07) is 6.05. The van der Waals surface area contributed by atoms with Crippen molar-refractivity contribution < 1.29 is 9.47 Å². The monoisotopic (exact) mass is 311 g/mol. The van der Waals surface area contributed by atoms with Crippen LogP contribution < -0.4 is 14.8 Å². The third-order valence-corrected chi connectivity index (χ3v) is 5.11. The van der Waals surface area contributed by atoms with Crippen molar-refractivity contribution in [2.45, 2.75) is 44.7 Å². The summed E-state index contributed by atoms with van der Waals surface area (Å²) in [5.41, 5.74) is 1.28. The Morgan fingerprint density at radius 2 is 1.86 bits per heavy atom. The van der Waals surface area contributed by atoms with Crippen LogP contribution in [0, 0.1) is 5.92 Å². The van der Waals surface area contributed by atoms with E-state index in [4.69, 9.17) is 21.1 Å². The molecule has 0 heterocycles. The zero-order valence-electron chi connectivity index (χ0n) is 13.2. The Bertz CT molecular complexity index is 456. The van der Waals surface area contributed by atoms with Gasteiger partial charge in [-0.25, -0.2) is 0 Å². The highest BCUT2D eigenvalue weighted by molar-refractivity contribution is 6.18. The fourth-order valence-corrected chi connectivity index (χ4v) is 3.31. The quantitative estimate of drug-likeness (QED) is 0.806. The molecule has 2 rings (SSSR count). The molecule has 118 valence electrons. The van der Waals surface area contributed by atoms with Crippen LogP contribution in [0.1, 0.15) is 38.2 Å². The largest absolute Gasteiger partial charge is 0.493 e. The molecule has 0 spiro atoms. The molecule has 0 atom stereocenters. The Labute approximate surface area is 133 Å². The molecule has 0 aliphatic heterocycles. The van der Waals surface area contributed by atoms with E-state index in [9.17, 15) is 0 Å². The van der Waals surface area contributed by atoms with E-state index in [1.54, 1.807) is 14.2 Å². The number of nitrogens with one attached hydrogen (secondary N) is 1. The van der Waals surface area contributed by atoms with Gasteiger partial charge in [-0.15, -0.1) is 11.6 Å². The van der Waals surface area contributed by atoms with Crippen molar-refractivity contribution in [1.29, 1.82) is 0 Å². The first-order valence-electron chi connectivity index (χ1n) is 7.64. The second kappa shape index (κ2) is 7.37. The van der Waals surface area contributed by atoms with Crippen LogP contribution in [0.5, 0.6) is 11.5 Å². The van der Waals surface area contributed by atoms with Gasteiger partial charge in [0.2, 0.25) is 0 Å². The second-order valence-corrected chi connectivity index (χ2v) is 6.41. The number of rotatable bonds is 6. The van der Waals surface area contributed by atoms with E-state index in [0.29, 0.717) is 5.88 Å². The summed E-state index contributed by atoms with van der Waals surface area (Å²) in [5, 5.41) is 3.68. The first kappa shape index (κ1) is 16.4. The number of benzene rings is 1. The first-order valence-corrected chi connectivity index (χ1v) is 8.18. The molecule has 0 radical (unpaired) electrons. The normalized spacial score (nSPS) is 25.6. The van der Waals surface area contributed by atoms with Gasteiger partial charge in [-0.05, 0) is 49.3 Å². The Kier molecular flexibility index (Phi) is 5.77. The van der Waals surface area contributed by atoms with Crippen LogP contribution in [0.15, 0.2) is 18.2 Å². The third-order valence-electron chi connectivity index (χ3n) is 4.60. The van der Waals surface area contributed by atoms with Gasteiger partial charge in [-0.3, -0.25) is 0 Å². The number of halogens is 1. The minimum Gasteiger partial charge on any atom is -0.493 e. The average molecular weight is 312 g/mol. The van der Waals surface area contributed by atoms with E-state index < -0.39 is 0 Å². The summed E-state index contributed by atoms with van der Waals surface area (Å²) < 4.78 is 10.6. The van der Waals surface area contributed by atoms with Crippen molar-refractivity contribution in [1.82, 2.24) is 5.32 Å². The summed E-state index contributed by atoms with van der Waals surface area (Å²) in [6.45, 7) is 3.13. The van der Waals surface area contributed by atoms with Crippen LogP contribution in [0.3, 0.4) is 0 Å². The maximum Gasteiger partial charge on any atom is 0.161 e. The van der Waals surface area contributed by atoms with E-state index >= 15 is 0 Å². The molecule has 4 heteroatoms. The summed E-state index contributed by atoms with van der Waals surface area (Å²) >= 11 is 6.25. The lowest BCUT2D eigenvalue weighted by atomic mass is 9.78. The van der Waals surface area contributed by atoms with Crippen molar-refractivity contribution in [3.63, 3.8) is 0 Å². The van der Waals surface area contributed by atoms with Gasteiger partial charge in [-0.1, -0.05) is 13.0 Å². The number of methoxy groups -OCH3 is 2. The van der Waals surface area contributed by atoms with Gasteiger partial charge in [0.1, 0.15) is 0 Å².